The number of ether oxygens (including phenoxy) is 3. The van der Waals surface area contributed by atoms with Gasteiger partial charge in [-0.15, -0.1) is 0 Å². The first kappa shape index (κ1) is 20.9. The molecule has 5 rings (SSSR count). The lowest BCUT2D eigenvalue weighted by atomic mass is 9.38. The molecule has 2 N–H and O–H groups in total. The van der Waals surface area contributed by atoms with Gasteiger partial charge in [0.2, 0.25) is 0 Å². The molecule has 0 aromatic carbocycles. The topological polar surface area (TPSA) is 102 Å². The fourth-order valence-corrected chi connectivity index (χ4v) is 8.83. The Bertz CT molecular complexity index is 769. The summed E-state index contributed by atoms with van der Waals surface area (Å²) in [5.74, 6) is -1.19. The second-order valence-corrected chi connectivity index (χ2v) is 10.8. The molecule has 1 aliphatic heterocycles. The van der Waals surface area contributed by atoms with Gasteiger partial charge >= 0.3 is 5.97 Å². The number of hydrogen-bond donors (Lipinski definition) is 2. The molecular formula is C23H34O7. The summed E-state index contributed by atoms with van der Waals surface area (Å²) in [6.07, 6.45) is 1.02. The maximum absolute atomic E-state index is 13.9. The van der Waals surface area contributed by atoms with Gasteiger partial charge in [0.05, 0.1) is 24.2 Å². The van der Waals surface area contributed by atoms with Gasteiger partial charge in [0.1, 0.15) is 11.9 Å². The Balaban J connectivity index is 1.74. The molecule has 4 aliphatic carbocycles. The van der Waals surface area contributed by atoms with Crippen LogP contribution in [-0.4, -0.2) is 60.3 Å². The Kier molecular flexibility index (Phi) is 4.52. The lowest BCUT2D eigenvalue weighted by Gasteiger charge is -2.70. The summed E-state index contributed by atoms with van der Waals surface area (Å²) in [7, 11) is 1.61. The third-order valence-electron chi connectivity index (χ3n) is 9.89. The van der Waals surface area contributed by atoms with Crippen LogP contribution in [0.15, 0.2) is 0 Å². The summed E-state index contributed by atoms with van der Waals surface area (Å²) in [5.41, 5.74) is -1.99. The van der Waals surface area contributed by atoms with Gasteiger partial charge in [-0.2, -0.15) is 0 Å². The summed E-state index contributed by atoms with van der Waals surface area (Å²) in [5, 5.41) is 22.4. The van der Waals surface area contributed by atoms with Crippen LogP contribution in [0.3, 0.4) is 0 Å². The first-order valence-corrected chi connectivity index (χ1v) is 11.4. The number of hydrogen-bond acceptors (Lipinski definition) is 7. The first-order chi connectivity index (χ1) is 14.1. The van der Waals surface area contributed by atoms with Crippen LogP contribution in [0.25, 0.3) is 0 Å². The van der Waals surface area contributed by atoms with E-state index in [2.05, 4.69) is 6.92 Å². The molecule has 1 unspecified atom stereocenters. The van der Waals surface area contributed by atoms with Crippen LogP contribution in [0.4, 0.5) is 0 Å². The zero-order chi connectivity index (χ0) is 21.6. The monoisotopic (exact) mass is 422 g/mol. The molecule has 30 heavy (non-hydrogen) atoms. The zero-order valence-electron chi connectivity index (χ0n) is 18.3. The van der Waals surface area contributed by atoms with Crippen LogP contribution in [0.5, 0.6) is 0 Å². The number of carbonyl (C=O) groups excluding carboxylic acids is 2. The molecule has 1 saturated heterocycles. The van der Waals surface area contributed by atoms with Crippen LogP contribution >= 0.6 is 0 Å². The van der Waals surface area contributed by atoms with Gasteiger partial charge in [-0.05, 0) is 37.5 Å². The maximum Gasteiger partial charge on any atom is 0.302 e. The number of aliphatic hydroxyl groups excluding tert-OH is 2. The average molecular weight is 423 g/mol. The predicted molar refractivity (Wildman–Crippen MR) is 105 cm³/mol. The lowest BCUT2D eigenvalue weighted by molar-refractivity contribution is -0.344. The van der Waals surface area contributed by atoms with Crippen molar-refractivity contribution in [2.24, 2.45) is 39.9 Å². The van der Waals surface area contributed by atoms with Crippen LogP contribution in [0.2, 0.25) is 0 Å². The molecule has 168 valence electrons. The molecule has 7 heteroatoms. The second-order valence-electron chi connectivity index (χ2n) is 10.8. The highest BCUT2D eigenvalue weighted by Crippen LogP contribution is 2.73. The zero-order valence-corrected chi connectivity index (χ0v) is 18.3. The van der Waals surface area contributed by atoms with Crippen LogP contribution in [0.1, 0.15) is 52.9 Å². The quantitative estimate of drug-likeness (QED) is 0.653. The van der Waals surface area contributed by atoms with E-state index in [1.807, 2.05) is 6.92 Å². The first-order valence-electron chi connectivity index (χ1n) is 11.4. The Labute approximate surface area is 177 Å². The normalized spacial score (nSPS) is 56.8. The van der Waals surface area contributed by atoms with Gasteiger partial charge < -0.3 is 24.4 Å². The van der Waals surface area contributed by atoms with Gasteiger partial charge in [0.25, 0.3) is 0 Å². The Hall–Kier alpha value is -1.02. The number of Topliss-reactive ketones (excluding diaryl/α,β-unsaturated/α-hetero) is 1. The Morgan fingerprint density at radius 1 is 1.23 bits per heavy atom. The third-order valence-corrected chi connectivity index (χ3v) is 9.89. The van der Waals surface area contributed by atoms with Gasteiger partial charge in [0.15, 0.2) is 6.29 Å². The number of methoxy groups -OCH3 is 1. The minimum atomic E-state index is -1.10. The minimum absolute atomic E-state index is 0.0396. The van der Waals surface area contributed by atoms with Crippen molar-refractivity contribution >= 4 is 11.8 Å². The molecule has 1 heterocycles. The van der Waals surface area contributed by atoms with E-state index < -0.39 is 40.8 Å². The number of ketones is 1. The molecule has 5 aliphatic rings. The van der Waals surface area contributed by atoms with Gasteiger partial charge in [-0.25, -0.2) is 0 Å². The molecule has 11 atom stereocenters. The van der Waals surface area contributed by atoms with E-state index in [0.29, 0.717) is 19.4 Å². The Morgan fingerprint density at radius 3 is 2.63 bits per heavy atom. The molecular weight excluding hydrogens is 388 g/mol. The smallest absolute Gasteiger partial charge is 0.302 e. The van der Waals surface area contributed by atoms with Crippen molar-refractivity contribution in [1.82, 2.24) is 0 Å². The van der Waals surface area contributed by atoms with E-state index in [0.717, 1.165) is 19.3 Å². The molecule has 0 radical (unpaired) electrons. The number of aliphatic hydroxyl groups is 2. The van der Waals surface area contributed by atoms with E-state index in [9.17, 15) is 19.8 Å². The van der Waals surface area contributed by atoms with E-state index in [4.69, 9.17) is 14.2 Å². The van der Waals surface area contributed by atoms with Crippen LogP contribution in [0, 0.1) is 39.9 Å². The molecule has 5 fully saturated rings. The molecule has 4 bridgehead atoms. The predicted octanol–water partition coefficient (Wildman–Crippen LogP) is 1.68. The summed E-state index contributed by atoms with van der Waals surface area (Å²) < 4.78 is 17.8. The molecule has 0 aromatic rings. The van der Waals surface area contributed by atoms with Gasteiger partial charge in [0, 0.05) is 36.7 Å². The fourth-order valence-electron chi connectivity index (χ4n) is 8.83. The Morgan fingerprint density at radius 2 is 1.97 bits per heavy atom. The number of rotatable bonds is 2. The van der Waals surface area contributed by atoms with E-state index >= 15 is 0 Å². The standard InChI is InChI=1S/C23H34O7/c1-11-13-8-14(30-12(2)24)17-22-7-5-6-21(3,20(27)29-10-22)15(22)9-16(28-4)23(17,18(11)25)19(13)26/h11,13-17,19-20,26-27H,5-10H2,1-4H3/t11-,13+,14+,15-,16+,17+,19-,20+,21-,22+,23?/m1/s1. The third kappa shape index (κ3) is 2.20. The molecule has 1 spiro atoms. The molecule has 7 nitrogen and oxygen atoms in total. The van der Waals surface area contributed by atoms with Crippen molar-refractivity contribution < 1.29 is 34.0 Å². The molecule has 0 amide bonds. The summed E-state index contributed by atoms with van der Waals surface area (Å²) in [6, 6.07) is 0. The maximum atomic E-state index is 13.9. The molecule has 0 aromatic heterocycles. The highest BCUT2D eigenvalue weighted by Gasteiger charge is 2.79. The summed E-state index contributed by atoms with van der Waals surface area (Å²) in [6.45, 7) is 5.68. The summed E-state index contributed by atoms with van der Waals surface area (Å²) >= 11 is 0. The van der Waals surface area contributed by atoms with E-state index in [-0.39, 0.29) is 35.4 Å². The minimum Gasteiger partial charge on any atom is -0.462 e. The SMILES string of the molecule is CO[C@H]1C[C@@H]2[C@@]3(C)CCC[C@@]2(CO[C@@H]3O)[C@@H]2[C@@H](OC(C)=O)C[C@@H]3[C@@H](O)C12C(=O)[C@@H]3C. The fraction of sp³-hybridized carbons (Fsp3) is 0.913. The number of esters is 1. The van der Waals surface area contributed by atoms with Crippen molar-refractivity contribution in [3.05, 3.63) is 0 Å². The van der Waals surface area contributed by atoms with Crippen molar-refractivity contribution in [3.63, 3.8) is 0 Å². The average Bonchev–Trinajstić information content (AvgIpc) is 2.81. The van der Waals surface area contributed by atoms with Crippen molar-refractivity contribution in [2.75, 3.05) is 13.7 Å². The van der Waals surface area contributed by atoms with E-state index in [1.165, 1.54) is 6.92 Å². The highest BCUT2D eigenvalue weighted by atomic mass is 16.6. The second kappa shape index (κ2) is 6.50. The van der Waals surface area contributed by atoms with Crippen molar-refractivity contribution in [2.45, 2.75) is 77.5 Å². The van der Waals surface area contributed by atoms with Gasteiger partial charge in [-0.3, -0.25) is 9.59 Å². The summed E-state index contributed by atoms with van der Waals surface area (Å²) in [4.78, 5) is 25.9. The lowest BCUT2D eigenvalue weighted by Crippen LogP contribution is -2.75. The van der Waals surface area contributed by atoms with Crippen molar-refractivity contribution in [1.29, 1.82) is 0 Å². The van der Waals surface area contributed by atoms with E-state index in [1.54, 1.807) is 7.11 Å². The number of carbonyl (C=O) groups is 2. The van der Waals surface area contributed by atoms with Crippen LogP contribution in [-0.2, 0) is 23.8 Å². The van der Waals surface area contributed by atoms with Crippen LogP contribution < -0.4 is 0 Å². The largest absolute Gasteiger partial charge is 0.462 e. The highest BCUT2D eigenvalue weighted by molar-refractivity contribution is 5.92. The molecule has 4 saturated carbocycles. The van der Waals surface area contributed by atoms with Gasteiger partial charge in [-0.1, -0.05) is 20.3 Å². The number of fused-ring (bicyclic) bond motifs is 1. The van der Waals surface area contributed by atoms with Crippen molar-refractivity contribution in [3.8, 4) is 0 Å².